The molecule has 1 aromatic heterocycles. The second kappa shape index (κ2) is 3.16. The third-order valence-corrected chi connectivity index (χ3v) is 1.29. The molecule has 12 heavy (non-hydrogen) atoms. The van der Waals surface area contributed by atoms with Crippen LogP contribution in [0.1, 0.15) is 13.8 Å². The topological polar surface area (TPSA) is 96.7 Å². The van der Waals surface area contributed by atoms with Gasteiger partial charge >= 0.3 is 0 Å². The lowest BCUT2D eigenvalue weighted by Crippen LogP contribution is -2.49. The number of guanidine groups is 1. The Kier molecular flexibility index (Phi) is 2.22. The van der Waals surface area contributed by atoms with Gasteiger partial charge in [-0.15, -0.1) is 9.89 Å². The predicted octanol–water partition coefficient (Wildman–Crippen LogP) is -1.09. The Balaban J connectivity index is 2.88. The molecule has 0 spiro atoms. The maximum atomic E-state index is 7.25. The fourth-order valence-corrected chi connectivity index (χ4v) is 0.880. The molecule has 0 amide bonds. The van der Waals surface area contributed by atoms with E-state index in [0.29, 0.717) is 0 Å². The van der Waals surface area contributed by atoms with Crippen LogP contribution >= 0.6 is 0 Å². The van der Waals surface area contributed by atoms with E-state index in [-0.39, 0.29) is 12.0 Å². The van der Waals surface area contributed by atoms with E-state index in [4.69, 9.17) is 11.1 Å². The molecule has 0 saturated heterocycles. The van der Waals surface area contributed by atoms with Crippen LogP contribution in [-0.4, -0.2) is 32.3 Å². The molecule has 0 fully saturated rings. The first-order valence-corrected chi connectivity index (χ1v) is 3.49. The minimum absolute atomic E-state index is 0.0472. The average molecular weight is 169 g/mol. The van der Waals surface area contributed by atoms with E-state index < -0.39 is 0 Å². The Morgan fingerprint density at radius 2 is 2.33 bits per heavy atom. The van der Waals surface area contributed by atoms with Gasteiger partial charge in [-0.05, 0) is 24.3 Å². The maximum absolute atomic E-state index is 7.25. The van der Waals surface area contributed by atoms with Crippen LogP contribution in [0.3, 0.4) is 0 Å². The summed E-state index contributed by atoms with van der Waals surface area (Å²) in [5.74, 6) is -0.0858. The molecule has 7 nitrogen and oxygen atoms in total. The van der Waals surface area contributed by atoms with Gasteiger partial charge < -0.3 is 5.73 Å². The molecule has 0 aliphatic heterocycles. The Labute approximate surface area is 69.6 Å². The van der Waals surface area contributed by atoms with Crippen molar-refractivity contribution in [2.75, 3.05) is 5.01 Å². The molecule has 0 aliphatic rings. The van der Waals surface area contributed by atoms with Crippen LogP contribution in [0.5, 0.6) is 0 Å². The number of tetrazole rings is 1. The molecule has 66 valence electrons. The zero-order chi connectivity index (χ0) is 9.14. The van der Waals surface area contributed by atoms with Crippen LogP contribution in [0.2, 0.25) is 0 Å². The quantitative estimate of drug-likeness (QED) is 0.433. The molecule has 0 saturated carbocycles. The average Bonchev–Trinajstić information content (AvgIpc) is 2.37. The molecule has 0 unspecified atom stereocenters. The molecule has 0 atom stereocenters. The number of nitrogens with two attached hydrogens (primary N) is 1. The number of hydrogen-bond acceptors (Lipinski definition) is 4. The molecule has 1 heterocycles. The molecule has 1 aromatic rings. The van der Waals surface area contributed by atoms with E-state index in [2.05, 4.69) is 15.5 Å². The molecule has 1 rings (SSSR count). The van der Waals surface area contributed by atoms with Crippen molar-refractivity contribution in [2.24, 2.45) is 5.73 Å². The summed E-state index contributed by atoms with van der Waals surface area (Å²) in [7, 11) is 0. The van der Waals surface area contributed by atoms with Gasteiger partial charge in [0.2, 0.25) is 5.96 Å². The molecular weight excluding hydrogens is 158 g/mol. The lowest BCUT2D eigenvalue weighted by Gasteiger charge is -2.24. The van der Waals surface area contributed by atoms with Crippen molar-refractivity contribution in [1.29, 1.82) is 5.41 Å². The molecule has 3 N–H and O–H groups in total. The number of nitrogens with zero attached hydrogens (tertiary/aromatic N) is 5. The summed E-state index contributed by atoms with van der Waals surface area (Å²) in [6, 6.07) is 0.0472. The number of nitrogens with one attached hydrogen (secondary N) is 1. The van der Waals surface area contributed by atoms with Crippen LogP contribution in [-0.2, 0) is 0 Å². The zero-order valence-electron chi connectivity index (χ0n) is 6.97. The van der Waals surface area contributed by atoms with Crippen LogP contribution in [0.4, 0.5) is 0 Å². The van der Waals surface area contributed by atoms with Gasteiger partial charge in [-0.25, -0.2) is 5.01 Å². The van der Waals surface area contributed by atoms with Gasteiger partial charge in [0, 0.05) is 0 Å². The van der Waals surface area contributed by atoms with Crippen molar-refractivity contribution in [1.82, 2.24) is 20.3 Å². The summed E-state index contributed by atoms with van der Waals surface area (Å²) in [5, 5.41) is 19.2. The highest BCUT2D eigenvalue weighted by Gasteiger charge is 2.13. The number of hydrogen-bond donors (Lipinski definition) is 2. The number of rotatable bonds is 2. The van der Waals surface area contributed by atoms with Crippen molar-refractivity contribution in [3.63, 3.8) is 0 Å². The third-order valence-electron chi connectivity index (χ3n) is 1.29. The highest BCUT2D eigenvalue weighted by Crippen LogP contribution is 1.93. The summed E-state index contributed by atoms with van der Waals surface area (Å²) in [5.41, 5.74) is 5.32. The van der Waals surface area contributed by atoms with E-state index in [1.165, 1.54) is 16.1 Å². The first-order chi connectivity index (χ1) is 5.63. The van der Waals surface area contributed by atoms with Crippen LogP contribution < -0.4 is 10.7 Å². The van der Waals surface area contributed by atoms with Gasteiger partial charge in [0.25, 0.3) is 0 Å². The normalized spacial score (nSPS) is 10.2. The fraction of sp³-hybridized carbons (Fsp3) is 0.600. The van der Waals surface area contributed by atoms with Gasteiger partial charge in [-0.1, -0.05) is 0 Å². The second-order valence-corrected chi connectivity index (χ2v) is 2.55. The largest absolute Gasteiger partial charge is 0.369 e. The van der Waals surface area contributed by atoms with Gasteiger partial charge in [-0.2, -0.15) is 0 Å². The third kappa shape index (κ3) is 1.49. The molecule has 0 aliphatic carbocycles. The maximum Gasteiger partial charge on any atom is 0.209 e. The van der Waals surface area contributed by atoms with Gasteiger partial charge in [-0.3, -0.25) is 5.41 Å². The fourth-order valence-electron chi connectivity index (χ4n) is 0.880. The van der Waals surface area contributed by atoms with Gasteiger partial charge in [0.1, 0.15) is 0 Å². The summed E-state index contributed by atoms with van der Waals surface area (Å²) in [4.78, 5) is 1.33. The van der Waals surface area contributed by atoms with E-state index in [9.17, 15) is 0 Å². The Morgan fingerprint density at radius 1 is 1.67 bits per heavy atom. The molecular formula is C5H11N7. The molecule has 0 bridgehead atoms. The van der Waals surface area contributed by atoms with E-state index >= 15 is 0 Å². The summed E-state index contributed by atoms with van der Waals surface area (Å²) in [6.07, 6.45) is 1.39. The van der Waals surface area contributed by atoms with E-state index in [1.54, 1.807) is 0 Å². The van der Waals surface area contributed by atoms with Crippen molar-refractivity contribution in [2.45, 2.75) is 19.9 Å². The second-order valence-electron chi connectivity index (χ2n) is 2.55. The van der Waals surface area contributed by atoms with Crippen LogP contribution in [0, 0.1) is 5.41 Å². The first kappa shape index (κ1) is 8.44. The Morgan fingerprint density at radius 3 is 2.67 bits per heavy atom. The first-order valence-electron chi connectivity index (χ1n) is 3.49. The minimum atomic E-state index is -0.0858. The lowest BCUT2D eigenvalue weighted by atomic mass is 10.4. The Hall–Kier alpha value is -1.66. The van der Waals surface area contributed by atoms with Gasteiger partial charge in [0.15, 0.2) is 6.33 Å². The zero-order valence-corrected chi connectivity index (χ0v) is 6.97. The van der Waals surface area contributed by atoms with E-state index in [1.807, 2.05) is 13.8 Å². The summed E-state index contributed by atoms with van der Waals surface area (Å²) >= 11 is 0. The van der Waals surface area contributed by atoms with Crippen molar-refractivity contribution >= 4 is 5.96 Å². The smallest absolute Gasteiger partial charge is 0.209 e. The monoisotopic (exact) mass is 169 g/mol. The summed E-state index contributed by atoms with van der Waals surface area (Å²) < 4.78 is 0. The predicted molar refractivity (Wildman–Crippen MR) is 43.1 cm³/mol. The standard InChI is InChI=1S/C5H11N7/c1-4(2)12(5(6)7)11-3-8-9-10-11/h3-4H,1-2H3,(H3,6,7). The highest BCUT2D eigenvalue weighted by molar-refractivity contribution is 5.84. The number of aromatic nitrogens is 4. The van der Waals surface area contributed by atoms with Crippen molar-refractivity contribution in [3.8, 4) is 0 Å². The SMILES string of the molecule is CC(C)N(C(=N)N)n1cnnn1. The van der Waals surface area contributed by atoms with Gasteiger partial charge in [0.05, 0.1) is 6.04 Å². The minimum Gasteiger partial charge on any atom is -0.369 e. The summed E-state index contributed by atoms with van der Waals surface area (Å²) in [6.45, 7) is 3.78. The molecule has 7 heteroatoms. The van der Waals surface area contributed by atoms with E-state index in [0.717, 1.165) is 0 Å². The lowest BCUT2D eigenvalue weighted by molar-refractivity contribution is 0.546. The van der Waals surface area contributed by atoms with Crippen LogP contribution in [0.25, 0.3) is 0 Å². The molecule has 0 radical (unpaired) electrons. The highest BCUT2D eigenvalue weighted by atomic mass is 15.8. The molecule has 0 aromatic carbocycles. The van der Waals surface area contributed by atoms with Crippen molar-refractivity contribution < 1.29 is 0 Å². The van der Waals surface area contributed by atoms with Crippen molar-refractivity contribution in [3.05, 3.63) is 6.33 Å². The van der Waals surface area contributed by atoms with Crippen LogP contribution in [0.15, 0.2) is 6.33 Å². The Bertz CT molecular complexity index is 251.